The summed E-state index contributed by atoms with van der Waals surface area (Å²) in [5, 5.41) is 1.66. The minimum atomic E-state index is -1.08. The molecule has 37 heavy (non-hydrogen) atoms. The van der Waals surface area contributed by atoms with Crippen molar-refractivity contribution in [1.82, 2.24) is 0 Å². The summed E-state index contributed by atoms with van der Waals surface area (Å²) in [5.41, 5.74) is 12.4. The largest absolute Gasteiger partial charge is 1.00 e. The quantitative estimate of drug-likeness (QED) is 0.302. The molecule has 2 aromatic carbocycles. The van der Waals surface area contributed by atoms with Crippen LogP contribution in [-0.4, -0.2) is 8.07 Å². The number of allylic oxidation sites excluding steroid dienone is 2. The summed E-state index contributed by atoms with van der Waals surface area (Å²) in [6, 6.07) is 18.2. The molecule has 7 rings (SSSR count). The minimum absolute atomic E-state index is 0. The van der Waals surface area contributed by atoms with E-state index in [1.165, 1.54) is 76.8 Å². The van der Waals surface area contributed by atoms with Crippen LogP contribution in [0, 0.1) is 0 Å². The molecule has 3 aromatic rings. The normalized spacial score (nSPS) is 19.5. The second kappa shape index (κ2) is 12.4. The number of fused-ring (bicyclic) bond motifs is 1. The van der Waals surface area contributed by atoms with Gasteiger partial charge in [0.15, 0.2) is 0 Å². The fourth-order valence-corrected chi connectivity index (χ4v) is 11.6. The minimum Gasteiger partial charge on any atom is -1.00 e. The van der Waals surface area contributed by atoms with E-state index in [2.05, 4.69) is 88.5 Å². The molecule has 2 aliphatic heterocycles. The Bertz CT molecular complexity index is 1300. The molecule has 2 aliphatic carbocycles. The first-order valence-corrected chi connectivity index (χ1v) is 17.7. The summed E-state index contributed by atoms with van der Waals surface area (Å²) in [6.45, 7) is 11.7. The van der Waals surface area contributed by atoms with E-state index in [0.29, 0.717) is 9.17 Å². The molecule has 4 aliphatic rings. The smallest absolute Gasteiger partial charge is 1.00 e. The van der Waals surface area contributed by atoms with Gasteiger partial charge in [0.25, 0.3) is 0 Å². The van der Waals surface area contributed by atoms with Crippen LogP contribution in [0.15, 0.2) is 70.4 Å². The van der Waals surface area contributed by atoms with Crippen LogP contribution in [0.3, 0.4) is 0 Å². The van der Waals surface area contributed by atoms with Crippen LogP contribution < -0.4 is 24.8 Å². The van der Waals surface area contributed by atoms with E-state index in [0.717, 1.165) is 0 Å². The molecule has 1 aromatic heterocycles. The van der Waals surface area contributed by atoms with Crippen LogP contribution in [0.2, 0.25) is 13.1 Å². The van der Waals surface area contributed by atoms with Crippen molar-refractivity contribution in [2.24, 2.45) is 0 Å². The number of furan rings is 1. The Kier molecular flexibility index (Phi) is 10.2. The van der Waals surface area contributed by atoms with Crippen LogP contribution in [0.25, 0.3) is 22.4 Å². The summed E-state index contributed by atoms with van der Waals surface area (Å²) in [6.07, 6.45) is 10.8. The molecule has 0 amide bonds. The Labute approximate surface area is 251 Å². The van der Waals surface area contributed by atoms with E-state index >= 15 is 0 Å². The van der Waals surface area contributed by atoms with Crippen molar-refractivity contribution < 1.29 is 54.0 Å². The Hall–Kier alpha value is -1.12. The van der Waals surface area contributed by atoms with Gasteiger partial charge in [-0.15, -0.1) is 0 Å². The summed E-state index contributed by atoms with van der Waals surface area (Å²) in [5.74, 6) is 1.26. The number of rotatable bonds is 6. The molecule has 2 atom stereocenters. The van der Waals surface area contributed by atoms with Crippen LogP contribution in [0.5, 0.6) is 0 Å². The van der Waals surface area contributed by atoms with Crippen molar-refractivity contribution in [2.75, 3.05) is 0 Å². The fraction of sp³-hybridized carbons (Fsp3) is 0.375. The second-order valence-corrected chi connectivity index (χ2v) is 17.0. The topological polar surface area (TPSA) is 13.1 Å². The molecular formula is C32H37Cl2OSiZr. The molecule has 0 saturated heterocycles. The molecular weight excluding hydrogens is 591 g/mol. The summed E-state index contributed by atoms with van der Waals surface area (Å²) < 4.78 is 6.18. The molecule has 0 saturated carbocycles. The average Bonchev–Trinajstić information content (AvgIpc) is 3.54. The first-order chi connectivity index (χ1) is 16.8. The van der Waals surface area contributed by atoms with Gasteiger partial charge in [0, 0.05) is 11.1 Å². The maximum absolute atomic E-state index is 5.53. The summed E-state index contributed by atoms with van der Waals surface area (Å²) in [7, 11) is -1.08. The second-order valence-electron chi connectivity index (χ2n) is 11.0. The Morgan fingerprint density at radius 2 is 1.62 bits per heavy atom. The van der Waals surface area contributed by atoms with Crippen LogP contribution in [-0.2, 0) is 31.1 Å². The Morgan fingerprint density at radius 3 is 2.27 bits per heavy atom. The van der Waals surface area contributed by atoms with Gasteiger partial charge >= 0.3 is 143 Å². The monoisotopic (exact) mass is 625 g/mol. The van der Waals surface area contributed by atoms with Crippen molar-refractivity contribution in [3.63, 3.8) is 0 Å². The zero-order valence-electron chi connectivity index (χ0n) is 22.6. The van der Waals surface area contributed by atoms with Gasteiger partial charge in [-0.05, 0) is 18.2 Å². The third kappa shape index (κ3) is 5.49. The number of aryl methyl sites for hydroxylation is 1. The van der Waals surface area contributed by atoms with E-state index in [1.54, 1.807) is 35.5 Å². The first-order valence-electron chi connectivity index (χ1n) is 13.2. The molecule has 5 heteroatoms. The predicted octanol–water partition coefficient (Wildman–Crippen LogP) is 3.44. The predicted molar refractivity (Wildman–Crippen MR) is 148 cm³/mol. The third-order valence-electron chi connectivity index (χ3n) is 8.28. The molecule has 0 N–H and O–H groups in total. The fourth-order valence-electron chi connectivity index (χ4n) is 6.51. The van der Waals surface area contributed by atoms with Crippen LogP contribution in [0.1, 0.15) is 83.6 Å². The SMILES string of the molecule is CC1=C2c3ccoc3C1[Si]2(C)C.CCCCCCc1ccc(-c2cccc3c2C=C(C)[CH]3[Zr+2])cc1.[Cl-].[Cl-]. The van der Waals surface area contributed by atoms with Crippen molar-refractivity contribution in [3.05, 3.63) is 94.0 Å². The van der Waals surface area contributed by atoms with Crippen molar-refractivity contribution in [3.8, 4) is 11.1 Å². The number of halogens is 2. The number of hydrogen-bond donors (Lipinski definition) is 0. The number of benzene rings is 2. The molecule has 2 unspecified atom stereocenters. The third-order valence-corrected chi connectivity index (χ3v) is 14.3. The van der Waals surface area contributed by atoms with E-state index in [9.17, 15) is 0 Å². The van der Waals surface area contributed by atoms with Gasteiger partial charge in [-0.1, -0.05) is 32.0 Å². The molecule has 1 nitrogen and oxygen atoms in total. The molecule has 0 spiro atoms. The molecule has 3 heterocycles. The van der Waals surface area contributed by atoms with Gasteiger partial charge in [0.2, 0.25) is 0 Å². The number of hydrogen-bond acceptors (Lipinski definition) is 1. The van der Waals surface area contributed by atoms with Gasteiger partial charge in [-0.2, -0.15) is 0 Å². The molecule has 193 valence electrons. The van der Waals surface area contributed by atoms with Crippen molar-refractivity contribution in [2.45, 2.75) is 75.1 Å². The van der Waals surface area contributed by atoms with Crippen molar-refractivity contribution in [1.29, 1.82) is 0 Å². The zero-order valence-corrected chi connectivity index (χ0v) is 27.6. The summed E-state index contributed by atoms with van der Waals surface area (Å²) >= 11 is 1.59. The van der Waals surface area contributed by atoms with E-state index in [-0.39, 0.29) is 24.8 Å². The van der Waals surface area contributed by atoms with Gasteiger partial charge in [-0.3, -0.25) is 0 Å². The maximum Gasteiger partial charge on any atom is -1.00 e. The molecule has 2 bridgehead atoms. The zero-order chi connectivity index (χ0) is 24.7. The Balaban J connectivity index is 0.000000229. The standard InChI is InChI=1S/C22H25.C10H12OSi.2ClH.Zr/c1-3-4-5-6-8-18-11-13-19(14-12-18)21-10-7-9-20-15-17(2)16-22(20)21;1-6-9-7-4-5-11-8(7)10(6)12(9,2)3;;;/h7,9-16H,3-6,8H2,1-2H3;4-5,10H,1-3H3;2*1H;/q;;;;+2/p-2. The van der Waals surface area contributed by atoms with Crippen LogP contribution >= 0.6 is 0 Å². The van der Waals surface area contributed by atoms with E-state index in [4.69, 9.17) is 4.42 Å². The van der Waals surface area contributed by atoms with Crippen LogP contribution in [0.4, 0.5) is 0 Å². The summed E-state index contributed by atoms with van der Waals surface area (Å²) in [4.78, 5) is 0. The van der Waals surface area contributed by atoms with E-state index in [1.807, 2.05) is 6.26 Å². The van der Waals surface area contributed by atoms with Gasteiger partial charge in [0.1, 0.15) is 5.76 Å². The maximum atomic E-state index is 5.53. The van der Waals surface area contributed by atoms with Gasteiger partial charge < -0.3 is 29.2 Å². The number of unbranched alkanes of at least 4 members (excludes halogenated alkanes) is 3. The van der Waals surface area contributed by atoms with Crippen molar-refractivity contribution >= 4 is 19.3 Å². The van der Waals surface area contributed by atoms with Gasteiger partial charge in [0.05, 0.1) is 14.3 Å². The molecule has 0 radical (unpaired) electrons. The first kappa shape index (κ1) is 30.4. The van der Waals surface area contributed by atoms with Gasteiger partial charge in [-0.25, -0.2) is 0 Å². The van der Waals surface area contributed by atoms with E-state index < -0.39 is 8.07 Å². The Morgan fingerprint density at radius 1 is 0.892 bits per heavy atom. The molecule has 0 fully saturated rings. The average molecular weight is 628 g/mol.